The Kier molecular flexibility index (Phi) is 4.07. The normalized spacial score (nSPS) is 12.9. The van der Waals surface area contributed by atoms with Gasteiger partial charge in [0.25, 0.3) is 0 Å². The fourth-order valence-corrected chi connectivity index (χ4v) is 6.74. The van der Waals surface area contributed by atoms with Crippen molar-refractivity contribution in [2.45, 2.75) is 33.1 Å². The fraction of sp³-hybridized carbons (Fsp3) is 0.171. The molecule has 0 radical (unpaired) electrons. The molecule has 0 aliphatic carbocycles. The summed E-state index contributed by atoms with van der Waals surface area (Å²) in [4.78, 5) is 0. The highest BCUT2D eigenvalue weighted by Crippen LogP contribution is 2.43. The SMILES string of the molecule is Cc1c(-c2cc3c4ccccc4[n+]4c5oc6ccccc6c5c(c34)n2C)cc(C(C)(C)C)c2ccccc12. The lowest BCUT2D eigenvalue weighted by Crippen LogP contribution is -2.17. The van der Waals surface area contributed by atoms with E-state index in [-0.39, 0.29) is 5.41 Å². The zero-order valence-electron chi connectivity index (χ0n) is 22.4. The maximum Gasteiger partial charge on any atom is 0.390 e. The lowest BCUT2D eigenvalue weighted by atomic mass is 9.80. The average Bonchev–Trinajstić information content (AvgIpc) is 3.54. The molecule has 184 valence electrons. The van der Waals surface area contributed by atoms with Crippen LogP contribution in [-0.4, -0.2) is 4.57 Å². The van der Waals surface area contributed by atoms with Crippen LogP contribution in [0.15, 0.2) is 89.3 Å². The van der Waals surface area contributed by atoms with Crippen molar-refractivity contribution >= 4 is 60.2 Å². The van der Waals surface area contributed by atoms with Gasteiger partial charge in [0.2, 0.25) is 11.0 Å². The maximum absolute atomic E-state index is 6.55. The third-order valence-electron chi connectivity index (χ3n) is 8.53. The number of aryl methyl sites for hydroxylation is 2. The van der Waals surface area contributed by atoms with E-state index < -0.39 is 0 Å². The van der Waals surface area contributed by atoms with Crippen LogP contribution >= 0.6 is 0 Å². The molecule has 0 bridgehead atoms. The van der Waals surface area contributed by atoms with Gasteiger partial charge in [0.1, 0.15) is 16.5 Å². The quantitative estimate of drug-likeness (QED) is 0.209. The minimum atomic E-state index is 0.0193. The zero-order valence-corrected chi connectivity index (χ0v) is 22.4. The van der Waals surface area contributed by atoms with Crippen LogP contribution in [0.5, 0.6) is 0 Å². The first kappa shape index (κ1) is 21.7. The van der Waals surface area contributed by atoms with E-state index >= 15 is 0 Å². The molecule has 0 saturated heterocycles. The summed E-state index contributed by atoms with van der Waals surface area (Å²) in [6.07, 6.45) is 0. The second kappa shape index (κ2) is 7.14. The predicted molar refractivity (Wildman–Crippen MR) is 158 cm³/mol. The fourth-order valence-electron chi connectivity index (χ4n) is 6.74. The molecule has 0 fully saturated rings. The Labute approximate surface area is 220 Å². The summed E-state index contributed by atoms with van der Waals surface area (Å²) in [7, 11) is 2.22. The molecule has 0 aliphatic rings. The van der Waals surface area contributed by atoms with Crippen LogP contribution in [0.2, 0.25) is 0 Å². The summed E-state index contributed by atoms with van der Waals surface area (Å²) in [6, 6.07) is 30.8. The number of pyridine rings is 1. The van der Waals surface area contributed by atoms with Gasteiger partial charge >= 0.3 is 5.71 Å². The molecular weight excluding hydrogens is 464 g/mol. The number of nitrogens with zero attached hydrogens (tertiary/aromatic N) is 2. The monoisotopic (exact) mass is 493 g/mol. The Bertz CT molecular complexity index is 2230. The van der Waals surface area contributed by atoms with Crippen molar-refractivity contribution in [3.8, 4) is 11.3 Å². The molecular formula is C35H29N2O+. The Morgan fingerprint density at radius 1 is 0.737 bits per heavy atom. The van der Waals surface area contributed by atoms with E-state index in [9.17, 15) is 0 Å². The molecule has 0 spiro atoms. The van der Waals surface area contributed by atoms with Crippen LogP contribution < -0.4 is 4.40 Å². The number of fused-ring (bicyclic) bond motifs is 9. The highest BCUT2D eigenvalue weighted by Gasteiger charge is 2.33. The topological polar surface area (TPSA) is 22.2 Å². The summed E-state index contributed by atoms with van der Waals surface area (Å²) in [5.74, 6) is 0. The molecule has 0 amide bonds. The van der Waals surface area contributed by atoms with E-state index in [1.807, 2.05) is 6.07 Å². The summed E-state index contributed by atoms with van der Waals surface area (Å²) in [5, 5.41) is 7.54. The van der Waals surface area contributed by atoms with Crippen LogP contribution in [0.3, 0.4) is 0 Å². The Morgan fingerprint density at radius 2 is 1.39 bits per heavy atom. The van der Waals surface area contributed by atoms with Crippen LogP contribution in [0.1, 0.15) is 31.9 Å². The molecule has 0 saturated carbocycles. The first-order valence-corrected chi connectivity index (χ1v) is 13.4. The van der Waals surface area contributed by atoms with Gasteiger partial charge < -0.3 is 8.98 Å². The van der Waals surface area contributed by atoms with Crippen molar-refractivity contribution < 1.29 is 8.82 Å². The molecule has 0 atom stereocenters. The first-order chi connectivity index (χ1) is 18.3. The standard InChI is InChI=1S/C35H29N2O/c1-20-21-12-6-7-13-22(21)27(35(2,3)4)18-25(20)29-19-26-23-14-8-10-16-28(23)37-32(26)33(36(29)5)31-24-15-9-11-17-30(24)38-34(31)37/h6-19H,1-5H3/q+1. The Balaban J connectivity index is 1.62. The van der Waals surface area contributed by atoms with E-state index in [0.717, 1.165) is 16.7 Å². The van der Waals surface area contributed by atoms with Crippen molar-refractivity contribution in [2.24, 2.45) is 7.05 Å². The average molecular weight is 494 g/mol. The highest BCUT2D eigenvalue weighted by molar-refractivity contribution is 6.23. The number of furan rings is 1. The summed E-state index contributed by atoms with van der Waals surface area (Å²) in [5.41, 5.74) is 10.7. The van der Waals surface area contributed by atoms with Crippen LogP contribution in [0.25, 0.3) is 71.4 Å². The third-order valence-corrected chi connectivity index (χ3v) is 8.53. The number of benzene rings is 4. The molecule has 3 heteroatoms. The molecule has 3 nitrogen and oxygen atoms in total. The van der Waals surface area contributed by atoms with Gasteiger partial charge in [-0.05, 0) is 58.5 Å². The zero-order chi connectivity index (χ0) is 25.9. The van der Waals surface area contributed by atoms with Gasteiger partial charge in [-0.15, -0.1) is 4.40 Å². The number of hydrogen-bond acceptors (Lipinski definition) is 1. The number of aromatic nitrogens is 2. The van der Waals surface area contributed by atoms with Crippen molar-refractivity contribution in [2.75, 3.05) is 0 Å². The van der Waals surface area contributed by atoms with Crippen LogP contribution in [-0.2, 0) is 12.5 Å². The van der Waals surface area contributed by atoms with Crippen molar-refractivity contribution in [1.82, 2.24) is 4.57 Å². The second-order valence-corrected chi connectivity index (χ2v) is 11.7. The van der Waals surface area contributed by atoms with Gasteiger partial charge in [0, 0.05) is 29.8 Å². The first-order valence-electron chi connectivity index (χ1n) is 13.4. The minimum absolute atomic E-state index is 0.0193. The maximum atomic E-state index is 6.55. The minimum Gasteiger partial charge on any atom is -0.404 e. The summed E-state index contributed by atoms with van der Waals surface area (Å²) >= 11 is 0. The van der Waals surface area contributed by atoms with E-state index in [4.69, 9.17) is 4.42 Å². The van der Waals surface area contributed by atoms with Crippen LogP contribution in [0, 0.1) is 6.92 Å². The lowest BCUT2D eigenvalue weighted by Gasteiger charge is -2.25. The van der Waals surface area contributed by atoms with Gasteiger partial charge in [-0.25, -0.2) is 0 Å². The van der Waals surface area contributed by atoms with Crippen molar-refractivity contribution in [3.05, 3.63) is 96.1 Å². The molecule has 4 heterocycles. The van der Waals surface area contributed by atoms with Gasteiger partial charge in [0.15, 0.2) is 0 Å². The van der Waals surface area contributed by atoms with Gasteiger partial charge in [-0.3, -0.25) is 0 Å². The van der Waals surface area contributed by atoms with E-state index in [0.29, 0.717) is 0 Å². The highest BCUT2D eigenvalue weighted by atomic mass is 16.3. The molecule has 0 unspecified atom stereocenters. The predicted octanol–water partition coefficient (Wildman–Crippen LogP) is 8.83. The number of para-hydroxylation sites is 2. The molecule has 8 rings (SSSR count). The van der Waals surface area contributed by atoms with Gasteiger partial charge in [-0.1, -0.05) is 75.4 Å². The number of hydrogen-bond donors (Lipinski definition) is 0. The van der Waals surface area contributed by atoms with E-state index in [1.165, 1.54) is 65.9 Å². The Hall–Kier alpha value is -4.37. The molecule has 8 aromatic rings. The third kappa shape index (κ3) is 2.61. The smallest absolute Gasteiger partial charge is 0.390 e. The number of rotatable bonds is 1. The van der Waals surface area contributed by atoms with Gasteiger partial charge in [-0.2, -0.15) is 0 Å². The van der Waals surface area contributed by atoms with E-state index in [1.54, 1.807) is 0 Å². The molecule has 4 aromatic carbocycles. The summed E-state index contributed by atoms with van der Waals surface area (Å²) < 4.78 is 11.3. The summed E-state index contributed by atoms with van der Waals surface area (Å²) in [6.45, 7) is 9.21. The van der Waals surface area contributed by atoms with Crippen molar-refractivity contribution in [1.29, 1.82) is 0 Å². The van der Waals surface area contributed by atoms with Crippen LogP contribution in [0.4, 0.5) is 0 Å². The van der Waals surface area contributed by atoms with Gasteiger partial charge in [0.05, 0.1) is 10.8 Å². The second-order valence-electron chi connectivity index (χ2n) is 11.7. The lowest BCUT2D eigenvalue weighted by molar-refractivity contribution is -0.453. The largest absolute Gasteiger partial charge is 0.404 e. The molecule has 4 aromatic heterocycles. The molecule has 0 N–H and O–H groups in total. The van der Waals surface area contributed by atoms with E-state index in [2.05, 4.69) is 123 Å². The molecule has 38 heavy (non-hydrogen) atoms. The molecule has 0 aliphatic heterocycles. The Morgan fingerprint density at radius 3 is 2.16 bits per heavy atom. The van der Waals surface area contributed by atoms with Crippen molar-refractivity contribution in [3.63, 3.8) is 0 Å².